The number of hydrogen-bond acceptors (Lipinski definition) is 4. The van der Waals surface area contributed by atoms with E-state index in [-0.39, 0.29) is 18.0 Å². The van der Waals surface area contributed by atoms with Crippen LogP contribution in [0.15, 0.2) is 33.5 Å². The van der Waals surface area contributed by atoms with E-state index in [1.165, 1.54) is 6.07 Å². The molecule has 0 spiro atoms. The quantitative estimate of drug-likeness (QED) is 0.833. The maximum absolute atomic E-state index is 12.1. The lowest BCUT2D eigenvalue weighted by molar-refractivity contribution is -0.127. The van der Waals surface area contributed by atoms with Crippen LogP contribution in [0.2, 0.25) is 0 Å². The Kier molecular flexibility index (Phi) is 4.74. The molecule has 25 heavy (non-hydrogen) atoms. The van der Waals surface area contributed by atoms with Gasteiger partial charge in [0.25, 0.3) is 0 Å². The zero-order valence-corrected chi connectivity index (χ0v) is 14.3. The fourth-order valence-electron chi connectivity index (χ4n) is 3.07. The summed E-state index contributed by atoms with van der Waals surface area (Å²) in [5.41, 5.74) is 1.36. The normalized spacial score (nSPS) is 15.4. The molecule has 0 saturated carbocycles. The summed E-state index contributed by atoms with van der Waals surface area (Å²) in [6.45, 7) is 4.93. The Morgan fingerprint density at radius 2 is 2.12 bits per heavy atom. The van der Waals surface area contributed by atoms with Crippen molar-refractivity contribution in [2.24, 2.45) is 0 Å². The Hall–Kier alpha value is -2.83. The Morgan fingerprint density at radius 1 is 1.32 bits per heavy atom. The number of carbonyl (C=O) groups excluding carboxylic acids is 2. The number of carbonyl (C=O) groups is 2. The lowest BCUT2D eigenvalue weighted by atomic mass is 10.1. The average Bonchev–Trinajstić information content (AvgIpc) is 2.91. The third-order valence-corrected chi connectivity index (χ3v) is 4.25. The van der Waals surface area contributed by atoms with Crippen LogP contribution in [0, 0.1) is 6.92 Å². The summed E-state index contributed by atoms with van der Waals surface area (Å²) in [7, 11) is 0. The highest BCUT2D eigenvalue weighted by Crippen LogP contribution is 2.20. The van der Waals surface area contributed by atoms with Crippen LogP contribution in [-0.4, -0.2) is 36.0 Å². The van der Waals surface area contributed by atoms with E-state index < -0.39 is 5.63 Å². The second kappa shape index (κ2) is 6.96. The van der Waals surface area contributed by atoms with Crippen LogP contribution in [0.4, 0.5) is 10.5 Å². The van der Waals surface area contributed by atoms with Crippen LogP contribution in [0.1, 0.15) is 25.3 Å². The van der Waals surface area contributed by atoms with Gasteiger partial charge in [0, 0.05) is 48.8 Å². The molecule has 1 atom stereocenters. The Labute approximate surface area is 145 Å². The number of urea groups is 1. The van der Waals surface area contributed by atoms with Crippen molar-refractivity contribution in [1.29, 1.82) is 0 Å². The number of aryl methyl sites for hydroxylation is 1. The van der Waals surface area contributed by atoms with Crippen LogP contribution >= 0.6 is 0 Å². The van der Waals surface area contributed by atoms with Crippen molar-refractivity contribution < 1.29 is 14.0 Å². The summed E-state index contributed by atoms with van der Waals surface area (Å²) in [4.78, 5) is 37.0. The van der Waals surface area contributed by atoms with E-state index in [1.54, 1.807) is 23.1 Å². The van der Waals surface area contributed by atoms with Crippen LogP contribution in [0.3, 0.4) is 0 Å². The highest BCUT2D eigenvalue weighted by atomic mass is 16.4. The summed E-state index contributed by atoms with van der Waals surface area (Å²) in [6, 6.07) is 6.08. The SMILES string of the molecule is Cc1cc(=O)oc2cc(NC(=O)N[C@H](C)CN3CCCC3=O)ccc12. The molecule has 0 unspecified atom stereocenters. The van der Waals surface area contributed by atoms with Gasteiger partial charge in [-0.3, -0.25) is 4.79 Å². The lowest BCUT2D eigenvalue weighted by Gasteiger charge is -2.21. The first-order valence-corrected chi connectivity index (χ1v) is 8.32. The maximum atomic E-state index is 12.1. The average molecular weight is 343 g/mol. The van der Waals surface area contributed by atoms with Crippen LogP contribution in [-0.2, 0) is 4.79 Å². The molecule has 1 aromatic heterocycles. The molecule has 0 bridgehead atoms. The third kappa shape index (κ3) is 3.99. The minimum atomic E-state index is -0.421. The van der Waals surface area contributed by atoms with Gasteiger partial charge in [-0.05, 0) is 38.0 Å². The van der Waals surface area contributed by atoms with Crippen molar-refractivity contribution in [1.82, 2.24) is 10.2 Å². The molecule has 1 saturated heterocycles. The molecule has 0 aliphatic carbocycles. The van der Waals surface area contributed by atoms with Gasteiger partial charge in [-0.15, -0.1) is 0 Å². The molecular weight excluding hydrogens is 322 g/mol. The van der Waals surface area contributed by atoms with E-state index in [0.717, 1.165) is 23.9 Å². The maximum Gasteiger partial charge on any atom is 0.336 e. The summed E-state index contributed by atoms with van der Waals surface area (Å²) in [6.07, 6.45) is 1.46. The van der Waals surface area contributed by atoms with E-state index in [4.69, 9.17) is 4.42 Å². The number of benzene rings is 1. The van der Waals surface area contributed by atoms with Gasteiger partial charge >= 0.3 is 11.7 Å². The highest BCUT2D eigenvalue weighted by molar-refractivity contribution is 5.92. The van der Waals surface area contributed by atoms with E-state index in [2.05, 4.69) is 10.6 Å². The van der Waals surface area contributed by atoms with Gasteiger partial charge in [0.1, 0.15) is 5.58 Å². The monoisotopic (exact) mass is 343 g/mol. The fraction of sp³-hybridized carbons (Fsp3) is 0.389. The number of nitrogens with one attached hydrogen (secondary N) is 2. The zero-order valence-electron chi connectivity index (χ0n) is 14.3. The minimum Gasteiger partial charge on any atom is -0.423 e. The molecule has 1 fully saturated rings. The first kappa shape index (κ1) is 17.0. The second-order valence-corrected chi connectivity index (χ2v) is 6.40. The van der Waals surface area contributed by atoms with Gasteiger partial charge in [0.15, 0.2) is 0 Å². The minimum absolute atomic E-state index is 0.133. The number of nitrogens with zero attached hydrogens (tertiary/aromatic N) is 1. The number of fused-ring (bicyclic) bond motifs is 1. The first-order chi connectivity index (χ1) is 11.9. The Morgan fingerprint density at radius 3 is 2.84 bits per heavy atom. The molecule has 1 aliphatic heterocycles. The molecule has 0 radical (unpaired) electrons. The molecule has 7 heteroatoms. The molecule has 2 aromatic rings. The number of amides is 3. The predicted molar refractivity (Wildman–Crippen MR) is 94.7 cm³/mol. The van der Waals surface area contributed by atoms with Gasteiger partial charge < -0.3 is 20.0 Å². The standard InChI is InChI=1S/C18H21N3O4/c1-11-8-17(23)25-15-9-13(5-6-14(11)15)20-18(24)19-12(2)10-21-7-3-4-16(21)22/h5-6,8-9,12H,3-4,7,10H2,1-2H3,(H2,19,20,24)/t12-/m1/s1. The molecule has 3 rings (SSSR count). The molecule has 1 aromatic carbocycles. The van der Waals surface area contributed by atoms with Crippen LogP contribution < -0.4 is 16.3 Å². The summed E-state index contributed by atoms with van der Waals surface area (Å²) in [5, 5.41) is 6.36. The van der Waals surface area contributed by atoms with Crippen molar-refractivity contribution in [3.8, 4) is 0 Å². The van der Waals surface area contributed by atoms with Crippen LogP contribution in [0.25, 0.3) is 11.0 Å². The van der Waals surface area contributed by atoms with Crippen LogP contribution in [0.5, 0.6) is 0 Å². The molecule has 2 N–H and O–H groups in total. The number of hydrogen-bond donors (Lipinski definition) is 2. The zero-order chi connectivity index (χ0) is 18.0. The lowest BCUT2D eigenvalue weighted by Crippen LogP contribution is -2.44. The largest absolute Gasteiger partial charge is 0.423 e. The van der Waals surface area contributed by atoms with E-state index in [0.29, 0.717) is 24.2 Å². The van der Waals surface area contributed by atoms with Crippen molar-refractivity contribution >= 4 is 28.6 Å². The summed E-state index contributed by atoms with van der Waals surface area (Å²) >= 11 is 0. The van der Waals surface area contributed by atoms with E-state index in [1.807, 2.05) is 13.8 Å². The fourth-order valence-corrected chi connectivity index (χ4v) is 3.07. The molecule has 132 valence electrons. The van der Waals surface area contributed by atoms with Gasteiger partial charge in [0.05, 0.1) is 0 Å². The van der Waals surface area contributed by atoms with Gasteiger partial charge in [0.2, 0.25) is 5.91 Å². The van der Waals surface area contributed by atoms with E-state index in [9.17, 15) is 14.4 Å². The molecule has 1 aliphatic rings. The summed E-state index contributed by atoms with van der Waals surface area (Å²) in [5.74, 6) is 0.133. The highest BCUT2D eigenvalue weighted by Gasteiger charge is 2.22. The van der Waals surface area contributed by atoms with Gasteiger partial charge in [-0.2, -0.15) is 0 Å². The van der Waals surface area contributed by atoms with Crippen molar-refractivity contribution in [2.45, 2.75) is 32.7 Å². The van der Waals surface area contributed by atoms with E-state index >= 15 is 0 Å². The Bertz CT molecular complexity index is 874. The van der Waals surface area contributed by atoms with Gasteiger partial charge in [-0.25, -0.2) is 9.59 Å². The number of rotatable bonds is 4. The molecule has 7 nitrogen and oxygen atoms in total. The first-order valence-electron chi connectivity index (χ1n) is 8.32. The third-order valence-electron chi connectivity index (χ3n) is 4.25. The summed E-state index contributed by atoms with van der Waals surface area (Å²) < 4.78 is 5.17. The van der Waals surface area contributed by atoms with Gasteiger partial charge in [-0.1, -0.05) is 0 Å². The van der Waals surface area contributed by atoms with Crippen molar-refractivity contribution in [3.63, 3.8) is 0 Å². The predicted octanol–water partition coefficient (Wildman–Crippen LogP) is 2.23. The molecular formula is C18H21N3O4. The molecule has 3 amide bonds. The second-order valence-electron chi connectivity index (χ2n) is 6.40. The molecule has 2 heterocycles. The Balaban J connectivity index is 1.63. The topological polar surface area (TPSA) is 91.7 Å². The van der Waals surface area contributed by atoms with Crippen molar-refractivity contribution in [2.75, 3.05) is 18.4 Å². The smallest absolute Gasteiger partial charge is 0.336 e. The number of anilines is 1. The van der Waals surface area contributed by atoms with Crippen molar-refractivity contribution in [3.05, 3.63) is 40.2 Å². The number of likely N-dealkylation sites (tertiary alicyclic amines) is 1.